The van der Waals surface area contributed by atoms with Gasteiger partial charge in [0.1, 0.15) is 11.5 Å². The van der Waals surface area contributed by atoms with E-state index in [1.807, 2.05) is 36.4 Å². The van der Waals surface area contributed by atoms with Crippen molar-refractivity contribution >= 4 is 35.4 Å². The van der Waals surface area contributed by atoms with Crippen LogP contribution >= 0.6 is 0 Å². The summed E-state index contributed by atoms with van der Waals surface area (Å²) >= 11 is 0. The highest BCUT2D eigenvalue weighted by atomic mass is 16.5. The van der Waals surface area contributed by atoms with Crippen molar-refractivity contribution in [3.8, 4) is 28.7 Å². The van der Waals surface area contributed by atoms with Crippen molar-refractivity contribution in [2.24, 2.45) is 0 Å². The fourth-order valence-corrected chi connectivity index (χ4v) is 4.68. The highest BCUT2D eigenvalue weighted by Gasteiger charge is 2.10. The van der Waals surface area contributed by atoms with Crippen LogP contribution in [0.5, 0.6) is 11.5 Å². The molecule has 0 spiro atoms. The number of nitrogens with two attached hydrogens (primary N) is 2. The first-order valence-corrected chi connectivity index (χ1v) is 16.0. The summed E-state index contributed by atoms with van der Waals surface area (Å²) in [6.07, 6.45) is 7.15. The molecule has 0 fully saturated rings. The minimum Gasteiger partial charge on any atom is -0.494 e. The van der Waals surface area contributed by atoms with Crippen molar-refractivity contribution < 1.29 is 33.3 Å². The molecule has 0 bridgehead atoms. The van der Waals surface area contributed by atoms with Crippen LogP contribution in [0.1, 0.15) is 64.8 Å². The van der Waals surface area contributed by atoms with Crippen molar-refractivity contribution in [2.45, 2.75) is 38.5 Å². The molecule has 4 aromatic rings. The molecule has 10 nitrogen and oxygen atoms in total. The van der Waals surface area contributed by atoms with Crippen molar-refractivity contribution in [1.29, 1.82) is 5.26 Å². The normalized spacial score (nSPS) is 10.7. The molecule has 0 heterocycles. The quantitative estimate of drug-likeness (QED) is 0.0383. The Kier molecular flexibility index (Phi) is 13.8. The Morgan fingerprint density at radius 3 is 1.86 bits per heavy atom. The molecule has 0 radical (unpaired) electrons. The first-order valence-electron chi connectivity index (χ1n) is 16.0. The summed E-state index contributed by atoms with van der Waals surface area (Å²) in [5.74, 6) is -0.282. The Labute approximate surface area is 285 Å². The summed E-state index contributed by atoms with van der Waals surface area (Å²) in [6, 6.07) is 28.3. The molecule has 10 heteroatoms. The number of carbonyl (C=O) groups is 3. The second kappa shape index (κ2) is 18.9. The molecule has 49 heavy (non-hydrogen) atoms. The molecule has 0 saturated carbocycles. The maximum Gasteiger partial charge on any atom is 0.343 e. The molecule has 0 aliphatic rings. The summed E-state index contributed by atoms with van der Waals surface area (Å²) < 4.78 is 21.7. The van der Waals surface area contributed by atoms with Crippen molar-refractivity contribution in [3.63, 3.8) is 0 Å². The number of benzene rings is 4. The van der Waals surface area contributed by atoms with E-state index in [0.717, 1.165) is 35.3 Å². The number of nitrogen functional groups attached to an aromatic ring is 2. The fourth-order valence-electron chi connectivity index (χ4n) is 4.68. The van der Waals surface area contributed by atoms with Gasteiger partial charge in [0.05, 0.1) is 37.0 Å². The molecule has 0 amide bonds. The minimum atomic E-state index is -0.482. The standard InChI is InChI=1S/C39H39N3O7/c40-21-3-6-22-46-35-18-14-30(15-19-35)29-10-12-31(13-11-29)39(45)49-36-16-7-28(8-17-36)9-20-37(43)47-23-4-1-2-5-24-48-38(44)32-25-33(41)27-34(42)26-32/h7-20,25-27H,1-6,22-24,41-42H2/b20-9+. The molecule has 0 unspecified atom stereocenters. The zero-order valence-electron chi connectivity index (χ0n) is 27.1. The molecule has 4 rings (SSSR count). The van der Waals surface area contributed by atoms with E-state index in [9.17, 15) is 14.4 Å². The molecule has 0 aliphatic heterocycles. The number of esters is 3. The third kappa shape index (κ3) is 12.2. The lowest BCUT2D eigenvalue weighted by molar-refractivity contribution is -0.137. The monoisotopic (exact) mass is 661 g/mol. The second-order valence-electron chi connectivity index (χ2n) is 11.1. The predicted octanol–water partition coefficient (Wildman–Crippen LogP) is 7.39. The van der Waals surface area contributed by atoms with Gasteiger partial charge in [-0.05, 0) is 109 Å². The van der Waals surface area contributed by atoms with E-state index in [0.29, 0.717) is 60.5 Å². The Morgan fingerprint density at radius 2 is 1.22 bits per heavy atom. The van der Waals surface area contributed by atoms with Gasteiger partial charge < -0.3 is 30.4 Å². The summed E-state index contributed by atoms with van der Waals surface area (Å²) in [4.78, 5) is 36.9. The Morgan fingerprint density at radius 1 is 0.633 bits per heavy atom. The Balaban J connectivity index is 1.11. The average Bonchev–Trinajstić information content (AvgIpc) is 3.10. The molecule has 4 N–H and O–H groups in total. The van der Waals surface area contributed by atoms with Gasteiger partial charge in [0, 0.05) is 23.9 Å². The van der Waals surface area contributed by atoms with Crippen LogP contribution < -0.4 is 20.9 Å². The van der Waals surface area contributed by atoms with Gasteiger partial charge >= 0.3 is 17.9 Å². The number of nitrogens with zero attached hydrogens (tertiary/aromatic N) is 1. The van der Waals surface area contributed by atoms with E-state index in [1.165, 1.54) is 18.2 Å². The van der Waals surface area contributed by atoms with Crippen LogP contribution in [-0.4, -0.2) is 37.7 Å². The van der Waals surface area contributed by atoms with E-state index in [-0.39, 0.29) is 13.2 Å². The van der Waals surface area contributed by atoms with Crippen LogP contribution in [0.2, 0.25) is 0 Å². The van der Waals surface area contributed by atoms with E-state index < -0.39 is 17.9 Å². The highest BCUT2D eigenvalue weighted by molar-refractivity contribution is 5.92. The van der Waals surface area contributed by atoms with Crippen molar-refractivity contribution in [2.75, 3.05) is 31.3 Å². The van der Waals surface area contributed by atoms with Crippen LogP contribution in [-0.2, 0) is 14.3 Å². The maximum atomic E-state index is 12.7. The SMILES string of the molecule is N#CCCCOc1ccc(-c2ccc(C(=O)Oc3ccc(/C=C/C(=O)OCCCCCCOC(=O)c4cc(N)cc(N)c4)cc3)cc2)cc1. The molecular weight excluding hydrogens is 622 g/mol. The minimum absolute atomic E-state index is 0.279. The van der Waals surface area contributed by atoms with Gasteiger partial charge in [-0.2, -0.15) is 5.26 Å². The average molecular weight is 662 g/mol. The van der Waals surface area contributed by atoms with Crippen LogP contribution in [0.4, 0.5) is 11.4 Å². The maximum absolute atomic E-state index is 12.7. The van der Waals surface area contributed by atoms with Gasteiger partial charge in [-0.15, -0.1) is 0 Å². The number of nitriles is 1. The van der Waals surface area contributed by atoms with E-state index >= 15 is 0 Å². The van der Waals surface area contributed by atoms with E-state index in [2.05, 4.69) is 6.07 Å². The van der Waals surface area contributed by atoms with Gasteiger partial charge in [-0.3, -0.25) is 0 Å². The van der Waals surface area contributed by atoms with Crippen molar-refractivity contribution in [1.82, 2.24) is 0 Å². The smallest absolute Gasteiger partial charge is 0.343 e. The van der Waals surface area contributed by atoms with Gasteiger partial charge in [-0.1, -0.05) is 36.4 Å². The summed E-state index contributed by atoms with van der Waals surface area (Å²) in [5.41, 5.74) is 15.6. The zero-order valence-corrected chi connectivity index (χ0v) is 27.1. The Hall–Kier alpha value is -6.08. The van der Waals surface area contributed by atoms with Gasteiger partial charge in [0.2, 0.25) is 0 Å². The van der Waals surface area contributed by atoms with Gasteiger partial charge in [-0.25, -0.2) is 14.4 Å². The number of unbranched alkanes of at least 4 members (excludes halogenated alkanes) is 4. The molecule has 0 aromatic heterocycles. The highest BCUT2D eigenvalue weighted by Crippen LogP contribution is 2.24. The predicted molar refractivity (Wildman–Crippen MR) is 188 cm³/mol. The van der Waals surface area contributed by atoms with Crippen LogP contribution in [0, 0.1) is 11.3 Å². The molecule has 0 atom stereocenters. The first kappa shape index (κ1) is 35.8. The van der Waals surface area contributed by atoms with Gasteiger partial charge in [0.15, 0.2) is 0 Å². The number of rotatable bonds is 17. The molecule has 0 aliphatic carbocycles. The number of carbonyl (C=O) groups excluding carboxylic acids is 3. The third-order valence-electron chi connectivity index (χ3n) is 7.24. The fraction of sp³-hybridized carbons (Fsp3) is 0.231. The lowest BCUT2D eigenvalue weighted by atomic mass is 10.0. The zero-order chi connectivity index (χ0) is 34.8. The van der Waals surface area contributed by atoms with Gasteiger partial charge in [0.25, 0.3) is 0 Å². The van der Waals surface area contributed by atoms with Crippen LogP contribution in [0.25, 0.3) is 17.2 Å². The molecule has 252 valence electrons. The number of hydrogen-bond donors (Lipinski definition) is 2. The number of ether oxygens (including phenoxy) is 4. The van der Waals surface area contributed by atoms with Crippen molar-refractivity contribution in [3.05, 3.63) is 114 Å². The topological polar surface area (TPSA) is 164 Å². The third-order valence-corrected chi connectivity index (χ3v) is 7.24. The second-order valence-corrected chi connectivity index (χ2v) is 11.1. The summed E-state index contributed by atoms with van der Waals surface area (Å²) in [6.45, 7) is 1.06. The lowest BCUT2D eigenvalue weighted by Gasteiger charge is -2.08. The van der Waals surface area contributed by atoms with E-state index in [4.69, 9.17) is 35.7 Å². The molecule has 4 aromatic carbocycles. The summed E-state index contributed by atoms with van der Waals surface area (Å²) in [7, 11) is 0. The number of anilines is 2. The van der Waals surface area contributed by atoms with Crippen LogP contribution in [0.15, 0.2) is 97.1 Å². The first-order chi connectivity index (χ1) is 23.8. The molecular formula is C39H39N3O7. The Bertz CT molecular complexity index is 1740. The summed E-state index contributed by atoms with van der Waals surface area (Å²) in [5, 5.41) is 8.61. The van der Waals surface area contributed by atoms with Crippen LogP contribution in [0.3, 0.4) is 0 Å². The molecule has 0 saturated heterocycles. The lowest BCUT2D eigenvalue weighted by Crippen LogP contribution is -2.08. The largest absolute Gasteiger partial charge is 0.494 e. The van der Waals surface area contributed by atoms with E-state index in [1.54, 1.807) is 48.5 Å². The number of hydrogen-bond acceptors (Lipinski definition) is 10.